The molecule has 6 nitrogen and oxygen atoms in total. The zero-order chi connectivity index (χ0) is 16.4. The Balaban J connectivity index is 2.24. The highest BCUT2D eigenvalue weighted by molar-refractivity contribution is 5.73. The van der Waals surface area contributed by atoms with Gasteiger partial charge in [0, 0.05) is 0 Å². The van der Waals surface area contributed by atoms with Gasteiger partial charge in [0.15, 0.2) is 0 Å². The van der Waals surface area contributed by atoms with Gasteiger partial charge < -0.3 is 21.3 Å². The third kappa shape index (κ3) is 7.19. The Bertz CT molecular complexity index is 464. The Morgan fingerprint density at radius 2 is 1.73 bits per heavy atom. The van der Waals surface area contributed by atoms with Crippen LogP contribution in [0.3, 0.4) is 0 Å². The smallest absolute Gasteiger partial charge is 0.320 e. The average molecular weight is 308 g/mol. The Hall–Kier alpha value is -1.92. The Labute approximate surface area is 130 Å². The standard InChI is InChI=1S/C16H24N2O4/c17-13(15(19)20)8-4-5-11-18-14(16(21)22)10-9-12-6-2-1-3-7-12/h1-3,6-7,13-14,18H,4-5,8-11,17H2,(H,19,20)(H,21,22)/t13-,14?/m0/s1. The van der Waals surface area contributed by atoms with Gasteiger partial charge in [0.25, 0.3) is 0 Å². The van der Waals surface area contributed by atoms with Crippen LogP contribution in [0, 0.1) is 0 Å². The molecule has 1 unspecified atom stereocenters. The molecule has 6 heteroatoms. The lowest BCUT2D eigenvalue weighted by Crippen LogP contribution is -2.37. The van der Waals surface area contributed by atoms with Gasteiger partial charge >= 0.3 is 11.9 Å². The Morgan fingerprint density at radius 1 is 1.05 bits per heavy atom. The average Bonchev–Trinajstić information content (AvgIpc) is 2.50. The first kappa shape index (κ1) is 18.1. The minimum Gasteiger partial charge on any atom is -0.480 e. The number of carboxylic acid groups (broad SMARTS) is 2. The van der Waals surface area contributed by atoms with Gasteiger partial charge in [-0.3, -0.25) is 9.59 Å². The highest BCUT2D eigenvalue weighted by atomic mass is 16.4. The molecular formula is C16H24N2O4. The lowest BCUT2D eigenvalue weighted by molar-refractivity contribution is -0.140. The predicted octanol–water partition coefficient (Wildman–Crippen LogP) is 1.24. The summed E-state index contributed by atoms with van der Waals surface area (Å²) in [6, 6.07) is 8.33. The van der Waals surface area contributed by atoms with E-state index < -0.39 is 24.0 Å². The second kappa shape index (κ2) is 9.92. The molecule has 0 aliphatic carbocycles. The van der Waals surface area contributed by atoms with Crippen molar-refractivity contribution in [2.45, 2.75) is 44.2 Å². The largest absolute Gasteiger partial charge is 0.480 e. The van der Waals surface area contributed by atoms with Crippen molar-refractivity contribution in [1.29, 1.82) is 0 Å². The van der Waals surface area contributed by atoms with Crippen molar-refractivity contribution in [3.8, 4) is 0 Å². The zero-order valence-corrected chi connectivity index (χ0v) is 12.6. The van der Waals surface area contributed by atoms with Gasteiger partial charge in [-0.05, 0) is 37.8 Å². The Morgan fingerprint density at radius 3 is 2.32 bits per heavy atom. The van der Waals surface area contributed by atoms with E-state index in [-0.39, 0.29) is 0 Å². The summed E-state index contributed by atoms with van der Waals surface area (Å²) in [5, 5.41) is 20.9. The summed E-state index contributed by atoms with van der Waals surface area (Å²) >= 11 is 0. The first-order valence-electron chi connectivity index (χ1n) is 7.49. The van der Waals surface area contributed by atoms with E-state index in [1.165, 1.54) is 0 Å². The number of carboxylic acids is 2. The number of rotatable bonds is 11. The van der Waals surface area contributed by atoms with Gasteiger partial charge in [0.1, 0.15) is 12.1 Å². The summed E-state index contributed by atoms with van der Waals surface area (Å²) in [6.07, 6.45) is 2.99. The van der Waals surface area contributed by atoms with Gasteiger partial charge in [-0.15, -0.1) is 0 Å². The first-order chi connectivity index (χ1) is 10.5. The Kier molecular flexibility index (Phi) is 8.17. The van der Waals surface area contributed by atoms with E-state index in [1.54, 1.807) is 0 Å². The van der Waals surface area contributed by atoms with E-state index in [1.807, 2.05) is 30.3 Å². The second-order valence-corrected chi connectivity index (χ2v) is 5.31. The number of hydrogen-bond acceptors (Lipinski definition) is 4. The van der Waals surface area contributed by atoms with Crippen LogP contribution in [0.2, 0.25) is 0 Å². The van der Waals surface area contributed by atoms with Crippen molar-refractivity contribution in [3.63, 3.8) is 0 Å². The number of carbonyl (C=O) groups is 2. The van der Waals surface area contributed by atoms with Crippen molar-refractivity contribution in [1.82, 2.24) is 5.32 Å². The topological polar surface area (TPSA) is 113 Å². The minimum atomic E-state index is -1.00. The van der Waals surface area contributed by atoms with Gasteiger partial charge in [-0.1, -0.05) is 36.8 Å². The van der Waals surface area contributed by atoms with Gasteiger partial charge in [-0.2, -0.15) is 0 Å². The summed E-state index contributed by atoms with van der Waals surface area (Å²) in [4.78, 5) is 21.8. The van der Waals surface area contributed by atoms with Crippen LogP contribution in [-0.2, 0) is 16.0 Å². The predicted molar refractivity (Wildman–Crippen MR) is 83.7 cm³/mol. The maximum absolute atomic E-state index is 11.2. The minimum absolute atomic E-state index is 0.402. The van der Waals surface area contributed by atoms with E-state index in [0.29, 0.717) is 38.6 Å². The molecule has 0 bridgehead atoms. The molecule has 0 fully saturated rings. The molecule has 5 N–H and O–H groups in total. The fourth-order valence-electron chi connectivity index (χ4n) is 2.16. The summed E-state index contributed by atoms with van der Waals surface area (Å²) < 4.78 is 0. The van der Waals surface area contributed by atoms with Gasteiger partial charge in [0.2, 0.25) is 0 Å². The molecule has 2 atom stereocenters. The van der Waals surface area contributed by atoms with E-state index in [0.717, 1.165) is 5.56 Å². The van der Waals surface area contributed by atoms with E-state index in [2.05, 4.69) is 5.32 Å². The van der Waals surface area contributed by atoms with Crippen LogP contribution in [0.4, 0.5) is 0 Å². The van der Waals surface area contributed by atoms with Crippen LogP contribution in [0.15, 0.2) is 30.3 Å². The fraction of sp³-hybridized carbons (Fsp3) is 0.500. The maximum atomic E-state index is 11.2. The van der Waals surface area contributed by atoms with Crippen molar-refractivity contribution < 1.29 is 19.8 Å². The van der Waals surface area contributed by atoms with Crippen molar-refractivity contribution in [2.24, 2.45) is 5.73 Å². The molecule has 1 aromatic carbocycles. The summed E-state index contributed by atoms with van der Waals surface area (Å²) in [5.74, 6) is -1.86. The number of aliphatic carboxylic acids is 2. The van der Waals surface area contributed by atoms with Crippen molar-refractivity contribution >= 4 is 11.9 Å². The molecular weight excluding hydrogens is 284 g/mol. The number of aryl methyl sites for hydroxylation is 1. The molecule has 1 aromatic rings. The van der Waals surface area contributed by atoms with Crippen LogP contribution < -0.4 is 11.1 Å². The van der Waals surface area contributed by atoms with E-state index in [4.69, 9.17) is 10.8 Å². The van der Waals surface area contributed by atoms with E-state index >= 15 is 0 Å². The summed E-state index contributed by atoms with van der Waals surface area (Å²) in [7, 11) is 0. The highest BCUT2D eigenvalue weighted by Crippen LogP contribution is 2.06. The van der Waals surface area contributed by atoms with Gasteiger partial charge in [0.05, 0.1) is 0 Å². The van der Waals surface area contributed by atoms with Crippen LogP contribution in [0.5, 0.6) is 0 Å². The normalized spacial score (nSPS) is 13.5. The second-order valence-electron chi connectivity index (χ2n) is 5.31. The molecule has 22 heavy (non-hydrogen) atoms. The molecule has 0 saturated heterocycles. The molecule has 0 spiro atoms. The molecule has 0 radical (unpaired) electrons. The molecule has 122 valence electrons. The van der Waals surface area contributed by atoms with Crippen LogP contribution in [0.25, 0.3) is 0 Å². The molecule has 1 rings (SSSR count). The molecule has 0 amide bonds. The lowest BCUT2D eigenvalue weighted by atomic mass is 10.0. The highest BCUT2D eigenvalue weighted by Gasteiger charge is 2.16. The number of unbranched alkanes of at least 4 members (excludes halogenated alkanes) is 1. The summed E-state index contributed by atoms with van der Waals surface area (Å²) in [6.45, 7) is 0.540. The van der Waals surface area contributed by atoms with Crippen molar-refractivity contribution in [3.05, 3.63) is 35.9 Å². The third-order valence-corrected chi connectivity index (χ3v) is 3.51. The van der Waals surface area contributed by atoms with Gasteiger partial charge in [-0.25, -0.2) is 0 Å². The van der Waals surface area contributed by atoms with Crippen LogP contribution in [-0.4, -0.2) is 40.8 Å². The SMILES string of the molecule is N[C@@H](CCCCNC(CCc1ccccc1)C(=O)O)C(=O)O. The fourth-order valence-corrected chi connectivity index (χ4v) is 2.16. The number of nitrogens with two attached hydrogens (primary N) is 1. The maximum Gasteiger partial charge on any atom is 0.320 e. The monoisotopic (exact) mass is 308 g/mol. The number of benzene rings is 1. The number of nitrogens with one attached hydrogen (secondary N) is 1. The quantitative estimate of drug-likeness (QED) is 0.458. The molecule has 0 aromatic heterocycles. The molecule has 0 aliphatic heterocycles. The van der Waals surface area contributed by atoms with E-state index in [9.17, 15) is 14.7 Å². The van der Waals surface area contributed by atoms with Crippen LogP contribution >= 0.6 is 0 Å². The number of hydrogen-bond donors (Lipinski definition) is 4. The first-order valence-corrected chi connectivity index (χ1v) is 7.49. The summed E-state index contributed by atoms with van der Waals surface area (Å²) in [5.41, 5.74) is 6.52. The molecule has 0 aliphatic rings. The molecule has 0 saturated carbocycles. The van der Waals surface area contributed by atoms with Crippen LogP contribution in [0.1, 0.15) is 31.2 Å². The third-order valence-electron chi connectivity index (χ3n) is 3.51. The lowest BCUT2D eigenvalue weighted by Gasteiger charge is -2.14. The zero-order valence-electron chi connectivity index (χ0n) is 12.6. The van der Waals surface area contributed by atoms with Crippen molar-refractivity contribution in [2.75, 3.05) is 6.54 Å². The molecule has 0 heterocycles.